The summed E-state index contributed by atoms with van der Waals surface area (Å²) in [6, 6.07) is 2.69. The van der Waals surface area contributed by atoms with Crippen molar-refractivity contribution >= 4 is 5.78 Å². The van der Waals surface area contributed by atoms with Gasteiger partial charge < -0.3 is 9.09 Å². The summed E-state index contributed by atoms with van der Waals surface area (Å²) in [6.45, 7) is 8.35. The summed E-state index contributed by atoms with van der Waals surface area (Å²) in [5.74, 6) is 2.01. The maximum Gasteiger partial charge on any atom is 0.229 e. The highest BCUT2D eigenvalue weighted by molar-refractivity contribution is 5.99. The zero-order valence-electron chi connectivity index (χ0n) is 15.3. The summed E-state index contributed by atoms with van der Waals surface area (Å²) in [5.41, 5.74) is 3.26. The molecule has 3 heterocycles. The van der Waals surface area contributed by atoms with Gasteiger partial charge in [-0.1, -0.05) is 5.16 Å². The summed E-state index contributed by atoms with van der Waals surface area (Å²) in [5, 5.41) is 3.88. The lowest BCUT2D eigenvalue weighted by Gasteiger charge is -2.29. The molecule has 1 aliphatic carbocycles. The van der Waals surface area contributed by atoms with Crippen molar-refractivity contribution in [1.82, 2.24) is 19.6 Å². The van der Waals surface area contributed by atoms with Crippen LogP contribution in [0.5, 0.6) is 0 Å². The molecule has 0 N–H and O–H groups in total. The van der Waals surface area contributed by atoms with Crippen molar-refractivity contribution in [1.29, 1.82) is 0 Å². The Hall–Kier alpha value is -1.95. The molecular weight excluding hydrogens is 316 g/mol. The molecule has 0 spiro atoms. The number of likely N-dealkylation sites (tertiary alicyclic amines) is 1. The molecular formula is C19H26N4O2. The molecule has 2 fully saturated rings. The minimum Gasteiger partial charge on any atom is -0.345 e. The molecule has 0 bridgehead atoms. The number of nitrogens with zero attached hydrogens (tertiary/aromatic N) is 4. The predicted octanol–water partition coefficient (Wildman–Crippen LogP) is 3.19. The third-order valence-corrected chi connectivity index (χ3v) is 5.54. The standard InChI is InChI=1S/C19H26N4O2/c1-12-10-17(13(2)23(12)16-4-5-16)18(24)11-22-8-6-15(7-9-22)19-20-14(3)21-25-19/h10,15-16H,4-9,11H2,1-3H3. The molecule has 0 amide bonds. The van der Waals surface area contributed by atoms with E-state index >= 15 is 0 Å². The smallest absolute Gasteiger partial charge is 0.229 e. The molecule has 2 aromatic heterocycles. The molecule has 1 aliphatic heterocycles. The third kappa shape index (κ3) is 3.27. The number of rotatable bonds is 5. The zero-order chi connectivity index (χ0) is 17.6. The second-order valence-corrected chi connectivity index (χ2v) is 7.54. The highest BCUT2D eigenvalue weighted by Gasteiger charge is 2.30. The van der Waals surface area contributed by atoms with E-state index in [4.69, 9.17) is 4.52 Å². The Morgan fingerprint density at radius 2 is 1.92 bits per heavy atom. The molecule has 2 aromatic rings. The van der Waals surface area contributed by atoms with Gasteiger partial charge in [0.05, 0.1) is 6.54 Å². The lowest BCUT2D eigenvalue weighted by atomic mass is 9.96. The van der Waals surface area contributed by atoms with E-state index in [0.29, 0.717) is 24.3 Å². The number of hydrogen-bond acceptors (Lipinski definition) is 5. The van der Waals surface area contributed by atoms with Crippen molar-refractivity contribution in [2.24, 2.45) is 0 Å². The van der Waals surface area contributed by atoms with Crippen LogP contribution >= 0.6 is 0 Å². The van der Waals surface area contributed by atoms with Gasteiger partial charge in [-0.2, -0.15) is 4.98 Å². The number of aromatic nitrogens is 3. The Balaban J connectivity index is 1.37. The highest BCUT2D eigenvalue weighted by Crippen LogP contribution is 2.38. The molecule has 1 saturated heterocycles. The Kier molecular flexibility index (Phi) is 4.23. The monoisotopic (exact) mass is 342 g/mol. The minimum absolute atomic E-state index is 0.243. The largest absolute Gasteiger partial charge is 0.345 e. The zero-order valence-corrected chi connectivity index (χ0v) is 15.3. The van der Waals surface area contributed by atoms with Crippen LogP contribution in [-0.4, -0.2) is 45.0 Å². The van der Waals surface area contributed by atoms with Crippen LogP contribution in [0.4, 0.5) is 0 Å². The number of hydrogen-bond donors (Lipinski definition) is 0. The van der Waals surface area contributed by atoms with E-state index in [0.717, 1.165) is 43.1 Å². The summed E-state index contributed by atoms with van der Waals surface area (Å²) < 4.78 is 7.64. The van der Waals surface area contributed by atoms with E-state index in [1.807, 2.05) is 6.92 Å². The summed E-state index contributed by atoms with van der Waals surface area (Å²) in [4.78, 5) is 19.4. The van der Waals surface area contributed by atoms with Gasteiger partial charge in [-0.3, -0.25) is 9.69 Å². The van der Waals surface area contributed by atoms with Crippen LogP contribution in [0.2, 0.25) is 0 Å². The van der Waals surface area contributed by atoms with Crippen LogP contribution in [0.1, 0.15) is 71.1 Å². The van der Waals surface area contributed by atoms with Crippen molar-refractivity contribution in [2.75, 3.05) is 19.6 Å². The predicted molar refractivity (Wildman–Crippen MR) is 94.0 cm³/mol. The average molecular weight is 342 g/mol. The van der Waals surface area contributed by atoms with Crippen LogP contribution in [0.3, 0.4) is 0 Å². The normalized spacial score (nSPS) is 19.5. The van der Waals surface area contributed by atoms with Crippen LogP contribution < -0.4 is 0 Å². The van der Waals surface area contributed by atoms with E-state index in [1.165, 1.54) is 18.5 Å². The molecule has 0 aromatic carbocycles. The third-order valence-electron chi connectivity index (χ3n) is 5.54. The van der Waals surface area contributed by atoms with Gasteiger partial charge in [-0.25, -0.2) is 0 Å². The molecule has 6 nitrogen and oxygen atoms in total. The molecule has 4 rings (SSSR count). The Morgan fingerprint density at radius 3 is 2.52 bits per heavy atom. The Morgan fingerprint density at radius 1 is 1.20 bits per heavy atom. The lowest BCUT2D eigenvalue weighted by molar-refractivity contribution is 0.0904. The first-order valence-electron chi connectivity index (χ1n) is 9.27. The average Bonchev–Trinajstić information content (AvgIpc) is 3.25. The molecule has 25 heavy (non-hydrogen) atoms. The number of ketones is 1. The van der Waals surface area contributed by atoms with E-state index < -0.39 is 0 Å². The van der Waals surface area contributed by atoms with Crippen molar-refractivity contribution in [3.05, 3.63) is 34.7 Å². The van der Waals surface area contributed by atoms with Gasteiger partial charge in [0.2, 0.25) is 5.89 Å². The second kappa shape index (κ2) is 6.41. The van der Waals surface area contributed by atoms with Crippen LogP contribution in [-0.2, 0) is 0 Å². The summed E-state index contributed by atoms with van der Waals surface area (Å²) in [6.07, 6.45) is 4.42. The van der Waals surface area contributed by atoms with Gasteiger partial charge in [0.25, 0.3) is 0 Å². The topological polar surface area (TPSA) is 64.2 Å². The number of Topliss-reactive ketones (excluding diaryl/α,β-unsaturated/α-hetero) is 1. The van der Waals surface area contributed by atoms with Gasteiger partial charge in [-0.15, -0.1) is 0 Å². The number of carbonyl (C=O) groups excluding carboxylic acids is 1. The molecule has 0 atom stereocenters. The quantitative estimate of drug-likeness (QED) is 0.781. The first kappa shape index (κ1) is 16.5. The van der Waals surface area contributed by atoms with E-state index in [-0.39, 0.29) is 5.78 Å². The Labute approximate surface area is 148 Å². The van der Waals surface area contributed by atoms with Crippen LogP contribution in [0.15, 0.2) is 10.6 Å². The van der Waals surface area contributed by atoms with Gasteiger partial charge in [-0.05, 0) is 65.6 Å². The fourth-order valence-electron chi connectivity index (χ4n) is 4.06. The van der Waals surface area contributed by atoms with E-state index in [9.17, 15) is 4.79 Å². The van der Waals surface area contributed by atoms with E-state index in [1.54, 1.807) is 0 Å². The molecule has 1 saturated carbocycles. The van der Waals surface area contributed by atoms with Gasteiger partial charge >= 0.3 is 0 Å². The van der Waals surface area contributed by atoms with Crippen molar-refractivity contribution in [2.45, 2.75) is 58.4 Å². The number of aryl methyl sites for hydroxylation is 2. The van der Waals surface area contributed by atoms with Crippen molar-refractivity contribution in [3.63, 3.8) is 0 Å². The number of piperidine rings is 1. The first-order chi connectivity index (χ1) is 12.0. The molecule has 2 aliphatic rings. The van der Waals surface area contributed by atoms with Crippen molar-refractivity contribution in [3.8, 4) is 0 Å². The van der Waals surface area contributed by atoms with Gasteiger partial charge in [0.1, 0.15) is 0 Å². The molecule has 6 heteroatoms. The first-order valence-corrected chi connectivity index (χ1v) is 9.27. The molecule has 0 unspecified atom stereocenters. The van der Waals surface area contributed by atoms with E-state index in [2.05, 4.69) is 39.5 Å². The van der Waals surface area contributed by atoms with Crippen LogP contribution in [0, 0.1) is 20.8 Å². The fraction of sp³-hybridized carbons (Fsp3) is 0.632. The maximum atomic E-state index is 12.8. The van der Waals surface area contributed by atoms with Gasteiger partial charge in [0.15, 0.2) is 11.6 Å². The fourth-order valence-corrected chi connectivity index (χ4v) is 4.06. The van der Waals surface area contributed by atoms with Crippen molar-refractivity contribution < 1.29 is 9.32 Å². The summed E-state index contributed by atoms with van der Waals surface area (Å²) in [7, 11) is 0. The molecule has 0 radical (unpaired) electrons. The minimum atomic E-state index is 0.243. The lowest BCUT2D eigenvalue weighted by Crippen LogP contribution is -2.37. The maximum absolute atomic E-state index is 12.8. The second-order valence-electron chi connectivity index (χ2n) is 7.54. The summed E-state index contributed by atoms with van der Waals surface area (Å²) >= 11 is 0. The van der Waals surface area contributed by atoms with Crippen LogP contribution in [0.25, 0.3) is 0 Å². The Bertz CT molecular complexity index is 779. The van der Waals surface area contributed by atoms with Gasteiger partial charge in [0, 0.05) is 28.9 Å². The molecule has 134 valence electrons. The highest BCUT2D eigenvalue weighted by atomic mass is 16.5. The SMILES string of the molecule is Cc1noc(C2CCN(CC(=O)c3cc(C)n(C4CC4)c3C)CC2)n1. The number of carbonyl (C=O) groups is 1.